The van der Waals surface area contributed by atoms with E-state index in [0.717, 1.165) is 23.0 Å². The second kappa shape index (κ2) is 6.69. The smallest absolute Gasteiger partial charge is 0.128 e. The van der Waals surface area contributed by atoms with Gasteiger partial charge in [0, 0.05) is 29.2 Å². The SMILES string of the molecule is Cl.NCC1CCCN1Cc1ccc(Br)cc1F. The molecule has 0 saturated carbocycles. The first-order valence-electron chi connectivity index (χ1n) is 5.58. The van der Waals surface area contributed by atoms with Crippen LogP contribution in [-0.4, -0.2) is 24.0 Å². The molecular weight excluding hydrogens is 307 g/mol. The Morgan fingerprint density at radius 1 is 1.47 bits per heavy atom. The molecule has 1 fully saturated rings. The topological polar surface area (TPSA) is 29.3 Å². The maximum Gasteiger partial charge on any atom is 0.128 e. The Kier molecular flexibility index (Phi) is 5.86. The highest BCUT2D eigenvalue weighted by Gasteiger charge is 2.23. The summed E-state index contributed by atoms with van der Waals surface area (Å²) in [6.45, 7) is 2.36. The highest BCUT2D eigenvalue weighted by Crippen LogP contribution is 2.22. The van der Waals surface area contributed by atoms with Gasteiger partial charge >= 0.3 is 0 Å². The predicted octanol–water partition coefficient (Wildman–Crippen LogP) is 2.93. The van der Waals surface area contributed by atoms with Crippen LogP contribution in [0.15, 0.2) is 22.7 Å². The van der Waals surface area contributed by atoms with E-state index in [2.05, 4.69) is 20.8 Å². The van der Waals surface area contributed by atoms with E-state index in [-0.39, 0.29) is 18.2 Å². The van der Waals surface area contributed by atoms with Gasteiger partial charge in [0.05, 0.1) is 0 Å². The van der Waals surface area contributed by atoms with Crippen LogP contribution in [0.25, 0.3) is 0 Å². The number of benzene rings is 1. The molecule has 2 N–H and O–H groups in total. The van der Waals surface area contributed by atoms with Crippen LogP contribution in [0.3, 0.4) is 0 Å². The number of rotatable bonds is 3. The van der Waals surface area contributed by atoms with Crippen LogP contribution >= 0.6 is 28.3 Å². The molecular formula is C12H17BrClFN2. The summed E-state index contributed by atoms with van der Waals surface area (Å²) >= 11 is 3.26. The van der Waals surface area contributed by atoms with Gasteiger partial charge in [0.1, 0.15) is 5.82 Å². The van der Waals surface area contributed by atoms with Crippen molar-refractivity contribution in [3.63, 3.8) is 0 Å². The fourth-order valence-electron chi connectivity index (χ4n) is 2.24. The molecule has 17 heavy (non-hydrogen) atoms. The van der Waals surface area contributed by atoms with Crippen LogP contribution in [0, 0.1) is 5.82 Å². The lowest BCUT2D eigenvalue weighted by atomic mass is 10.1. The third kappa shape index (κ3) is 3.65. The molecule has 0 amide bonds. The molecule has 1 atom stereocenters. The first-order valence-corrected chi connectivity index (χ1v) is 6.38. The summed E-state index contributed by atoms with van der Waals surface area (Å²) in [6, 6.07) is 5.66. The van der Waals surface area contributed by atoms with Crippen molar-refractivity contribution in [2.45, 2.75) is 25.4 Å². The van der Waals surface area contributed by atoms with Crippen molar-refractivity contribution in [3.05, 3.63) is 34.1 Å². The molecule has 1 aromatic carbocycles. The normalized spacial score (nSPS) is 20.3. The van der Waals surface area contributed by atoms with Gasteiger partial charge in [0.2, 0.25) is 0 Å². The van der Waals surface area contributed by atoms with Gasteiger partial charge in [0.25, 0.3) is 0 Å². The van der Waals surface area contributed by atoms with E-state index >= 15 is 0 Å². The van der Waals surface area contributed by atoms with Gasteiger partial charge in [-0.25, -0.2) is 4.39 Å². The maximum absolute atomic E-state index is 13.6. The van der Waals surface area contributed by atoms with Crippen LogP contribution < -0.4 is 5.73 Å². The highest BCUT2D eigenvalue weighted by atomic mass is 79.9. The number of nitrogens with zero attached hydrogens (tertiary/aromatic N) is 1. The van der Waals surface area contributed by atoms with Crippen molar-refractivity contribution in [2.75, 3.05) is 13.1 Å². The summed E-state index contributed by atoms with van der Waals surface area (Å²) in [5.41, 5.74) is 6.45. The van der Waals surface area contributed by atoms with Crippen molar-refractivity contribution >= 4 is 28.3 Å². The van der Waals surface area contributed by atoms with Crippen molar-refractivity contribution in [2.24, 2.45) is 5.73 Å². The van der Waals surface area contributed by atoms with Crippen LogP contribution in [0.2, 0.25) is 0 Å². The van der Waals surface area contributed by atoms with Gasteiger partial charge in [-0.15, -0.1) is 12.4 Å². The van der Waals surface area contributed by atoms with E-state index in [4.69, 9.17) is 5.73 Å². The molecule has 1 aromatic rings. The van der Waals surface area contributed by atoms with Crippen molar-refractivity contribution in [1.82, 2.24) is 4.90 Å². The molecule has 96 valence electrons. The molecule has 2 rings (SSSR count). The molecule has 2 nitrogen and oxygen atoms in total. The number of hydrogen-bond donors (Lipinski definition) is 1. The number of nitrogens with two attached hydrogens (primary N) is 1. The molecule has 0 bridgehead atoms. The van der Waals surface area contributed by atoms with E-state index in [1.807, 2.05) is 12.1 Å². The standard InChI is InChI=1S/C12H16BrFN2.ClH/c13-10-4-3-9(12(14)6-10)8-16-5-1-2-11(16)7-15;/h3-4,6,11H,1-2,5,7-8,15H2;1H. The second-order valence-electron chi connectivity index (χ2n) is 4.24. The third-order valence-corrected chi connectivity index (χ3v) is 3.65. The lowest BCUT2D eigenvalue weighted by Gasteiger charge is -2.23. The summed E-state index contributed by atoms with van der Waals surface area (Å²) in [5, 5.41) is 0. The summed E-state index contributed by atoms with van der Waals surface area (Å²) in [7, 11) is 0. The Labute approximate surface area is 116 Å². The number of likely N-dealkylation sites (tertiary alicyclic amines) is 1. The monoisotopic (exact) mass is 322 g/mol. The minimum Gasteiger partial charge on any atom is -0.329 e. The molecule has 0 aromatic heterocycles. The second-order valence-corrected chi connectivity index (χ2v) is 5.15. The summed E-state index contributed by atoms with van der Waals surface area (Å²) in [4.78, 5) is 2.27. The molecule has 5 heteroatoms. The van der Waals surface area contributed by atoms with Gasteiger partial charge in [0.15, 0.2) is 0 Å². The van der Waals surface area contributed by atoms with Crippen molar-refractivity contribution < 1.29 is 4.39 Å². The van der Waals surface area contributed by atoms with Gasteiger partial charge in [-0.3, -0.25) is 4.90 Å². The predicted molar refractivity (Wildman–Crippen MR) is 73.8 cm³/mol. The van der Waals surface area contributed by atoms with Gasteiger partial charge in [-0.05, 0) is 31.5 Å². The molecule has 1 aliphatic heterocycles. The van der Waals surface area contributed by atoms with Crippen molar-refractivity contribution in [3.8, 4) is 0 Å². The van der Waals surface area contributed by atoms with E-state index < -0.39 is 0 Å². The summed E-state index contributed by atoms with van der Waals surface area (Å²) in [5.74, 6) is -0.142. The minimum absolute atomic E-state index is 0. The van der Waals surface area contributed by atoms with E-state index in [9.17, 15) is 4.39 Å². The quantitative estimate of drug-likeness (QED) is 0.927. The maximum atomic E-state index is 13.6. The third-order valence-electron chi connectivity index (χ3n) is 3.16. The molecule has 0 spiro atoms. The molecule has 0 aliphatic carbocycles. The molecule has 1 aliphatic rings. The van der Waals surface area contributed by atoms with Crippen LogP contribution in [0.4, 0.5) is 4.39 Å². The molecule has 0 radical (unpaired) electrons. The Bertz CT molecular complexity index is 376. The molecule has 1 saturated heterocycles. The highest BCUT2D eigenvalue weighted by molar-refractivity contribution is 9.10. The van der Waals surface area contributed by atoms with Crippen LogP contribution in [0.1, 0.15) is 18.4 Å². The average molecular weight is 324 g/mol. The first kappa shape index (κ1) is 14.9. The Morgan fingerprint density at radius 3 is 2.88 bits per heavy atom. The van der Waals surface area contributed by atoms with Gasteiger partial charge in [-0.2, -0.15) is 0 Å². The fraction of sp³-hybridized carbons (Fsp3) is 0.500. The number of halogens is 3. The van der Waals surface area contributed by atoms with Crippen LogP contribution in [0.5, 0.6) is 0 Å². The molecule has 1 heterocycles. The lowest BCUT2D eigenvalue weighted by Crippen LogP contribution is -2.35. The first-order chi connectivity index (χ1) is 7.70. The summed E-state index contributed by atoms with van der Waals surface area (Å²) < 4.78 is 14.4. The van der Waals surface area contributed by atoms with Crippen molar-refractivity contribution in [1.29, 1.82) is 0 Å². The zero-order valence-corrected chi connectivity index (χ0v) is 11.9. The fourth-order valence-corrected chi connectivity index (χ4v) is 2.57. The minimum atomic E-state index is -0.142. The lowest BCUT2D eigenvalue weighted by molar-refractivity contribution is 0.247. The largest absolute Gasteiger partial charge is 0.329 e. The molecule has 1 unspecified atom stereocenters. The Balaban J connectivity index is 0.00000144. The van der Waals surface area contributed by atoms with Gasteiger partial charge < -0.3 is 5.73 Å². The van der Waals surface area contributed by atoms with Crippen LogP contribution in [-0.2, 0) is 6.54 Å². The van der Waals surface area contributed by atoms with E-state index in [1.165, 1.54) is 12.5 Å². The Morgan fingerprint density at radius 2 is 2.24 bits per heavy atom. The average Bonchev–Trinajstić information content (AvgIpc) is 2.69. The van der Waals surface area contributed by atoms with Gasteiger partial charge in [-0.1, -0.05) is 22.0 Å². The van der Waals surface area contributed by atoms with E-state index in [1.54, 1.807) is 0 Å². The zero-order valence-electron chi connectivity index (χ0n) is 9.53. The zero-order chi connectivity index (χ0) is 11.5. The summed E-state index contributed by atoms with van der Waals surface area (Å²) in [6.07, 6.45) is 2.30. The Hall–Kier alpha value is -0.160. The number of hydrogen-bond acceptors (Lipinski definition) is 2. The van der Waals surface area contributed by atoms with E-state index in [0.29, 0.717) is 19.1 Å².